The van der Waals surface area contributed by atoms with Gasteiger partial charge in [0.25, 0.3) is 5.56 Å². The first-order chi connectivity index (χ1) is 13.7. The molecule has 7 nitrogen and oxygen atoms in total. The van der Waals surface area contributed by atoms with Crippen molar-refractivity contribution in [3.05, 3.63) is 46.5 Å². The second-order valence-electron chi connectivity index (χ2n) is 7.68. The fraction of sp³-hybridized carbons (Fsp3) is 0.524. The number of aromatic nitrogens is 5. The van der Waals surface area contributed by atoms with Crippen LogP contribution in [0.25, 0.3) is 10.9 Å². The molecule has 0 bridgehead atoms. The van der Waals surface area contributed by atoms with E-state index in [-0.39, 0.29) is 5.56 Å². The molecule has 1 saturated carbocycles. The summed E-state index contributed by atoms with van der Waals surface area (Å²) >= 11 is 0. The number of benzene rings is 1. The van der Waals surface area contributed by atoms with Gasteiger partial charge < -0.3 is 9.30 Å². The highest BCUT2D eigenvalue weighted by molar-refractivity contribution is 5.80. The highest BCUT2D eigenvalue weighted by Crippen LogP contribution is 2.25. The van der Waals surface area contributed by atoms with Crippen molar-refractivity contribution in [2.45, 2.75) is 51.5 Å². The number of ether oxygens (including phenoxy) is 1. The number of rotatable bonds is 7. The van der Waals surface area contributed by atoms with Gasteiger partial charge in [0.1, 0.15) is 5.75 Å². The number of nitrogens with zero attached hydrogens (tertiary/aromatic N) is 5. The molecule has 0 spiro atoms. The van der Waals surface area contributed by atoms with Gasteiger partial charge >= 0.3 is 0 Å². The molecule has 0 amide bonds. The largest absolute Gasteiger partial charge is 0.494 e. The Bertz CT molecular complexity index is 988. The average molecular weight is 381 g/mol. The number of aryl methyl sites for hydroxylation is 2. The number of tetrazole rings is 1. The second-order valence-corrected chi connectivity index (χ2v) is 7.68. The van der Waals surface area contributed by atoms with Gasteiger partial charge in [-0.2, -0.15) is 0 Å². The predicted octanol–water partition coefficient (Wildman–Crippen LogP) is 3.12. The second kappa shape index (κ2) is 8.54. The van der Waals surface area contributed by atoms with Gasteiger partial charge in [0.2, 0.25) is 0 Å². The third-order valence-electron chi connectivity index (χ3n) is 5.67. The van der Waals surface area contributed by atoms with E-state index in [9.17, 15) is 4.79 Å². The summed E-state index contributed by atoms with van der Waals surface area (Å²) in [5.74, 6) is 2.47. The summed E-state index contributed by atoms with van der Waals surface area (Å²) in [6.45, 7) is 1.54. The summed E-state index contributed by atoms with van der Waals surface area (Å²) in [7, 11) is 1.78. The Hall–Kier alpha value is -2.70. The topological polar surface area (TPSA) is 74.8 Å². The molecule has 0 saturated heterocycles. The molecule has 1 aliphatic rings. The van der Waals surface area contributed by atoms with Crippen molar-refractivity contribution in [1.82, 2.24) is 24.8 Å². The molecule has 0 N–H and O–H groups in total. The summed E-state index contributed by atoms with van der Waals surface area (Å²) < 4.78 is 9.53. The molecular formula is C21H27N5O2. The standard InChI is InChI=1S/C21H27N5O2/c1-25-19-11-10-18(14-17(19)9-12-21(25)27)28-13-5-8-20-22-23-24-26(20)15-16-6-3-2-4-7-16/h9-12,14,16H,2-8,13,15H2,1H3. The van der Waals surface area contributed by atoms with Crippen LogP contribution in [0.15, 0.2) is 35.1 Å². The van der Waals surface area contributed by atoms with Gasteiger partial charge in [-0.05, 0) is 59.9 Å². The normalized spacial score (nSPS) is 15.2. The third-order valence-corrected chi connectivity index (χ3v) is 5.67. The maximum atomic E-state index is 11.7. The molecule has 2 aromatic heterocycles. The lowest BCUT2D eigenvalue weighted by Gasteiger charge is -2.21. The van der Waals surface area contributed by atoms with Crippen LogP contribution in [0.2, 0.25) is 0 Å². The van der Waals surface area contributed by atoms with Crippen molar-refractivity contribution in [2.75, 3.05) is 6.61 Å². The van der Waals surface area contributed by atoms with E-state index in [0.717, 1.165) is 41.9 Å². The van der Waals surface area contributed by atoms with Crippen LogP contribution in [0.4, 0.5) is 0 Å². The van der Waals surface area contributed by atoms with Crippen molar-refractivity contribution in [3.8, 4) is 5.75 Å². The van der Waals surface area contributed by atoms with E-state index in [0.29, 0.717) is 12.5 Å². The Labute approximate surface area is 164 Å². The maximum absolute atomic E-state index is 11.7. The molecule has 0 aliphatic heterocycles. The van der Waals surface area contributed by atoms with E-state index in [2.05, 4.69) is 15.5 Å². The van der Waals surface area contributed by atoms with Crippen LogP contribution in [-0.2, 0) is 20.0 Å². The molecule has 1 aromatic carbocycles. The molecular weight excluding hydrogens is 354 g/mol. The molecule has 0 atom stereocenters. The van der Waals surface area contributed by atoms with Crippen LogP contribution in [-0.4, -0.2) is 31.4 Å². The first-order valence-electron chi connectivity index (χ1n) is 10.2. The molecule has 1 fully saturated rings. The Kier molecular flexibility index (Phi) is 5.69. The molecule has 148 valence electrons. The van der Waals surface area contributed by atoms with Crippen LogP contribution in [0.3, 0.4) is 0 Å². The fourth-order valence-electron chi connectivity index (χ4n) is 4.03. The smallest absolute Gasteiger partial charge is 0.250 e. The Morgan fingerprint density at radius 1 is 1.14 bits per heavy atom. The zero-order valence-corrected chi connectivity index (χ0v) is 16.4. The van der Waals surface area contributed by atoms with E-state index in [1.807, 2.05) is 28.9 Å². The van der Waals surface area contributed by atoms with Gasteiger partial charge in [0.15, 0.2) is 5.82 Å². The van der Waals surface area contributed by atoms with Crippen LogP contribution in [0.1, 0.15) is 44.3 Å². The van der Waals surface area contributed by atoms with Crippen molar-refractivity contribution < 1.29 is 4.74 Å². The zero-order valence-electron chi connectivity index (χ0n) is 16.4. The maximum Gasteiger partial charge on any atom is 0.250 e. The van der Waals surface area contributed by atoms with E-state index in [1.165, 1.54) is 32.1 Å². The van der Waals surface area contributed by atoms with Crippen LogP contribution < -0.4 is 10.3 Å². The zero-order chi connectivity index (χ0) is 19.3. The summed E-state index contributed by atoms with van der Waals surface area (Å²) in [5, 5.41) is 13.2. The van der Waals surface area contributed by atoms with E-state index >= 15 is 0 Å². The molecule has 7 heteroatoms. The fourth-order valence-corrected chi connectivity index (χ4v) is 4.03. The van der Waals surface area contributed by atoms with Gasteiger partial charge in [-0.1, -0.05) is 19.3 Å². The van der Waals surface area contributed by atoms with Gasteiger partial charge in [0.05, 0.1) is 12.1 Å². The first kappa shape index (κ1) is 18.7. The Morgan fingerprint density at radius 3 is 2.86 bits per heavy atom. The Balaban J connectivity index is 1.30. The third kappa shape index (κ3) is 4.24. The minimum Gasteiger partial charge on any atom is -0.494 e. The monoisotopic (exact) mass is 381 g/mol. The van der Waals surface area contributed by atoms with E-state index < -0.39 is 0 Å². The van der Waals surface area contributed by atoms with Crippen molar-refractivity contribution >= 4 is 10.9 Å². The SMILES string of the molecule is Cn1c(=O)ccc2cc(OCCCc3nnnn3CC3CCCCC3)ccc21. The molecule has 0 unspecified atom stereocenters. The van der Waals surface area contributed by atoms with Crippen LogP contribution in [0, 0.1) is 5.92 Å². The summed E-state index contributed by atoms with van der Waals surface area (Å²) in [4.78, 5) is 11.7. The van der Waals surface area contributed by atoms with E-state index in [1.54, 1.807) is 17.7 Å². The molecule has 28 heavy (non-hydrogen) atoms. The lowest BCUT2D eigenvalue weighted by Crippen LogP contribution is -2.17. The van der Waals surface area contributed by atoms with Gasteiger partial charge in [-0.3, -0.25) is 4.79 Å². The summed E-state index contributed by atoms with van der Waals surface area (Å²) in [5.41, 5.74) is 0.897. The molecule has 2 heterocycles. The summed E-state index contributed by atoms with van der Waals surface area (Å²) in [6, 6.07) is 9.23. The first-order valence-corrected chi connectivity index (χ1v) is 10.2. The molecule has 1 aliphatic carbocycles. The predicted molar refractivity (Wildman–Crippen MR) is 107 cm³/mol. The molecule has 0 radical (unpaired) electrons. The quantitative estimate of drug-likeness (QED) is 0.588. The molecule has 4 rings (SSSR count). The minimum atomic E-state index is -0.00730. The Morgan fingerprint density at radius 2 is 2.00 bits per heavy atom. The van der Waals surface area contributed by atoms with Crippen LogP contribution >= 0.6 is 0 Å². The van der Waals surface area contributed by atoms with Crippen molar-refractivity contribution in [1.29, 1.82) is 0 Å². The van der Waals surface area contributed by atoms with Crippen molar-refractivity contribution in [2.24, 2.45) is 13.0 Å². The van der Waals surface area contributed by atoms with Gasteiger partial charge in [0, 0.05) is 31.5 Å². The summed E-state index contributed by atoms with van der Waals surface area (Å²) in [6.07, 6.45) is 8.26. The lowest BCUT2D eigenvalue weighted by atomic mass is 9.89. The minimum absolute atomic E-state index is 0.00730. The van der Waals surface area contributed by atoms with E-state index in [4.69, 9.17) is 4.74 Å². The number of fused-ring (bicyclic) bond motifs is 1. The average Bonchev–Trinajstić information content (AvgIpc) is 3.16. The van der Waals surface area contributed by atoms with Crippen LogP contribution in [0.5, 0.6) is 5.75 Å². The van der Waals surface area contributed by atoms with Gasteiger partial charge in [-0.25, -0.2) is 4.68 Å². The number of hydrogen-bond donors (Lipinski definition) is 0. The van der Waals surface area contributed by atoms with Crippen molar-refractivity contribution in [3.63, 3.8) is 0 Å². The van der Waals surface area contributed by atoms with Gasteiger partial charge in [-0.15, -0.1) is 5.10 Å². The number of hydrogen-bond acceptors (Lipinski definition) is 5. The highest BCUT2D eigenvalue weighted by atomic mass is 16.5. The molecule has 3 aromatic rings. The number of pyridine rings is 1. The highest BCUT2D eigenvalue weighted by Gasteiger charge is 2.16. The lowest BCUT2D eigenvalue weighted by molar-refractivity contribution is 0.294.